The highest BCUT2D eigenvalue weighted by Gasteiger charge is 2.50. The second-order valence-electron chi connectivity index (χ2n) is 8.50. The molecule has 1 amide bonds. The molecule has 3 heterocycles. The summed E-state index contributed by atoms with van der Waals surface area (Å²) in [5, 5.41) is 9.67. The van der Waals surface area contributed by atoms with E-state index < -0.39 is 5.60 Å². The molecule has 1 aromatic heterocycles. The Morgan fingerprint density at radius 2 is 2.15 bits per heavy atom. The fourth-order valence-corrected chi connectivity index (χ4v) is 4.61. The van der Waals surface area contributed by atoms with Crippen molar-refractivity contribution < 1.29 is 9.53 Å². The Morgan fingerprint density at radius 3 is 2.81 bits per heavy atom. The van der Waals surface area contributed by atoms with Crippen LogP contribution in [0.4, 0.5) is 10.5 Å². The number of hydrogen-bond acceptors (Lipinski definition) is 5. The molecule has 1 spiro atoms. The minimum atomic E-state index is -0.477. The van der Waals surface area contributed by atoms with Crippen molar-refractivity contribution in [3.05, 3.63) is 22.4 Å². The van der Waals surface area contributed by atoms with Crippen LogP contribution in [0.5, 0.6) is 0 Å². The van der Waals surface area contributed by atoms with Gasteiger partial charge in [0.25, 0.3) is 0 Å². The number of carbonyl (C=O) groups excluding carboxylic acids is 1. The monoisotopic (exact) mass is 431 g/mol. The summed E-state index contributed by atoms with van der Waals surface area (Å²) in [6, 6.07) is 4.31. The molecular weight excluding hydrogens is 410 g/mol. The fourth-order valence-electron chi connectivity index (χ4n) is 4.00. The number of imidazole rings is 1. The van der Waals surface area contributed by atoms with Crippen LogP contribution in [0, 0.1) is 16.7 Å². The predicted octanol–water partition coefficient (Wildman–Crippen LogP) is 3.64. The summed E-state index contributed by atoms with van der Waals surface area (Å²) in [4.78, 5) is 23.6. The summed E-state index contributed by atoms with van der Waals surface area (Å²) in [7, 11) is 0. The lowest BCUT2D eigenvalue weighted by molar-refractivity contribution is -0.0266. The van der Waals surface area contributed by atoms with Crippen molar-refractivity contribution in [1.82, 2.24) is 14.9 Å². The third kappa shape index (κ3) is 3.14. The van der Waals surface area contributed by atoms with E-state index in [1.165, 1.54) is 0 Å². The molecule has 0 aliphatic carbocycles. The van der Waals surface area contributed by atoms with Crippen molar-refractivity contribution in [2.75, 3.05) is 31.1 Å². The van der Waals surface area contributed by atoms with E-state index in [9.17, 15) is 10.1 Å². The number of hydrogen-bond donors (Lipinski definition) is 1. The van der Waals surface area contributed by atoms with Crippen molar-refractivity contribution in [2.24, 2.45) is 5.41 Å². The highest BCUT2D eigenvalue weighted by molar-refractivity contribution is 9.10. The molecule has 4 rings (SSSR count). The van der Waals surface area contributed by atoms with Gasteiger partial charge in [0.15, 0.2) is 0 Å². The lowest BCUT2D eigenvalue weighted by atomic mass is 9.79. The third-order valence-electron chi connectivity index (χ3n) is 5.23. The quantitative estimate of drug-likeness (QED) is 0.744. The van der Waals surface area contributed by atoms with Gasteiger partial charge >= 0.3 is 6.09 Å². The molecule has 0 radical (unpaired) electrons. The molecule has 0 atom stereocenters. The topological polar surface area (TPSA) is 85.2 Å². The lowest BCUT2D eigenvalue weighted by Gasteiger charge is -2.47. The number of nitrogens with one attached hydrogen (secondary N) is 1. The van der Waals surface area contributed by atoms with Gasteiger partial charge in [-0.3, -0.25) is 0 Å². The van der Waals surface area contributed by atoms with Crippen LogP contribution >= 0.6 is 15.9 Å². The van der Waals surface area contributed by atoms with E-state index in [4.69, 9.17) is 4.74 Å². The van der Waals surface area contributed by atoms with E-state index in [1.54, 1.807) is 11.2 Å². The zero-order chi connectivity index (χ0) is 19.4. The van der Waals surface area contributed by atoms with Crippen molar-refractivity contribution in [3.63, 3.8) is 0 Å². The Kier molecular flexibility index (Phi) is 4.11. The Bertz CT molecular complexity index is 949. The normalized spacial score (nSPS) is 18.6. The first-order chi connectivity index (χ1) is 12.7. The van der Waals surface area contributed by atoms with Gasteiger partial charge in [-0.05, 0) is 49.2 Å². The lowest BCUT2D eigenvalue weighted by Crippen LogP contribution is -2.60. The summed E-state index contributed by atoms with van der Waals surface area (Å²) in [5.74, 6) is 0. The van der Waals surface area contributed by atoms with Crippen LogP contribution in [-0.2, 0) is 4.74 Å². The van der Waals surface area contributed by atoms with Gasteiger partial charge in [-0.25, -0.2) is 9.78 Å². The average molecular weight is 432 g/mol. The number of rotatable bonds is 1. The average Bonchev–Trinajstić information content (AvgIpc) is 3.18. The van der Waals surface area contributed by atoms with E-state index in [0.717, 1.165) is 40.7 Å². The molecule has 0 unspecified atom stereocenters. The molecule has 2 aliphatic heterocycles. The van der Waals surface area contributed by atoms with Crippen molar-refractivity contribution in [2.45, 2.75) is 32.8 Å². The van der Waals surface area contributed by atoms with Gasteiger partial charge in [0, 0.05) is 31.6 Å². The molecule has 7 nitrogen and oxygen atoms in total. The first-order valence-electron chi connectivity index (χ1n) is 9.00. The molecule has 27 heavy (non-hydrogen) atoms. The maximum absolute atomic E-state index is 12.2. The molecule has 2 saturated heterocycles. The SMILES string of the molecule is CC(C)(C)OC(=O)N1CC2(CCN(c3cc4[nH]cnc4c(Br)c3C#N)C2)C1. The Balaban J connectivity index is 1.51. The second kappa shape index (κ2) is 6.13. The predicted molar refractivity (Wildman–Crippen MR) is 106 cm³/mol. The van der Waals surface area contributed by atoms with E-state index in [0.29, 0.717) is 18.7 Å². The maximum atomic E-state index is 12.2. The summed E-state index contributed by atoms with van der Waals surface area (Å²) >= 11 is 3.53. The summed E-state index contributed by atoms with van der Waals surface area (Å²) < 4.78 is 6.19. The van der Waals surface area contributed by atoms with Gasteiger partial charge in [-0.2, -0.15) is 5.26 Å². The first-order valence-corrected chi connectivity index (χ1v) is 9.79. The maximum Gasteiger partial charge on any atom is 0.410 e. The number of ether oxygens (including phenoxy) is 1. The highest BCUT2D eigenvalue weighted by atomic mass is 79.9. The van der Waals surface area contributed by atoms with Crippen molar-refractivity contribution >= 4 is 38.7 Å². The van der Waals surface area contributed by atoms with Crippen LogP contribution in [0.3, 0.4) is 0 Å². The van der Waals surface area contributed by atoms with Crippen LogP contribution in [0.1, 0.15) is 32.8 Å². The molecule has 2 aromatic rings. The molecule has 1 N–H and O–H groups in total. The molecule has 8 heteroatoms. The van der Waals surface area contributed by atoms with Crippen molar-refractivity contribution in [3.8, 4) is 6.07 Å². The minimum absolute atomic E-state index is 0.0824. The number of benzene rings is 1. The number of aromatic amines is 1. The van der Waals surface area contributed by atoms with E-state index in [-0.39, 0.29) is 11.5 Å². The molecule has 0 saturated carbocycles. The van der Waals surface area contributed by atoms with Gasteiger partial charge in [-0.1, -0.05) is 0 Å². The molecule has 142 valence electrons. The van der Waals surface area contributed by atoms with E-state index in [2.05, 4.69) is 36.9 Å². The molecule has 0 bridgehead atoms. The van der Waals surface area contributed by atoms with Gasteiger partial charge in [0.05, 0.1) is 27.6 Å². The standard InChI is InChI=1S/C19H22BrN5O2/c1-18(2,3)27-17(26)25-9-19(10-25)4-5-24(8-19)14-6-13-16(23-11-22-13)15(20)12(14)7-21/h6,11H,4-5,8-10H2,1-3H3,(H,22,23). The second-order valence-corrected chi connectivity index (χ2v) is 9.30. The summed E-state index contributed by atoms with van der Waals surface area (Å²) in [6.07, 6.45) is 2.39. The largest absolute Gasteiger partial charge is 0.444 e. The summed E-state index contributed by atoms with van der Waals surface area (Å²) in [5.41, 5.74) is 2.79. The van der Waals surface area contributed by atoms with Gasteiger partial charge in [0.1, 0.15) is 17.2 Å². The molecule has 1 aromatic carbocycles. The number of H-pyrrole nitrogens is 1. The highest BCUT2D eigenvalue weighted by Crippen LogP contribution is 2.44. The molecule has 2 aliphatic rings. The van der Waals surface area contributed by atoms with Crippen LogP contribution in [0.25, 0.3) is 11.0 Å². The Labute approximate surface area is 166 Å². The summed E-state index contributed by atoms with van der Waals surface area (Å²) in [6.45, 7) is 8.73. The molecule has 2 fully saturated rings. The van der Waals surface area contributed by atoms with Crippen LogP contribution in [-0.4, -0.2) is 52.7 Å². The number of anilines is 1. The number of halogens is 1. The van der Waals surface area contributed by atoms with Crippen LogP contribution < -0.4 is 4.90 Å². The number of likely N-dealkylation sites (tertiary alicyclic amines) is 1. The van der Waals surface area contributed by atoms with E-state index >= 15 is 0 Å². The van der Waals surface area contributed by atoms with Crippen LogP contribution in [0.2, 0.25) is 0 Å². The smallest absolute Gasteiger partial charge is 0.410 e. The minimum Gasteiger partial charge on any atom is -0.444 e. The fraction of sp³-hybridized carbons (Fsp3) is 0.526. The van der Waals surface area contributed by atoms with Gasteiger partial charge < -0.3 is 19.5 Å². The van der Waals surface area contributed by atoms with E-state index in [1.807, 2.05) is 26.8 Å². The van der Waals surface area contributed by atoms with Crippen molar-refractivity contribution in [1.29, 1.82) is 5.26 Å². The Morgan fingerprint density at radius 1 is 1.41 bits per heavy atom. The zero-order valence-corrected chi connectivity index (χ0v) is 17.3. The Hall–Kier alpha value is -2.27. The van der Waals surface area contributed by atoms with Gasteiger partial charge in [0.2, 0.25) is 0 Å². The number of nitrogens with zero attached hydrogens (tertiary/aromatic N) is 4. The number of aromatic nitrogens is 2. The number of nitriles is 1. The zero-order valence-electron chi connectivity index (χ0n) is 15.7. The third-order valence-corrected chi connectivity index (χ3v) is 6.00. The number of amides is 1. The molecular formula is C19H22BrN5O2. The first kappa shape index (κ1) is 18.1. The number of fused-ring (bicyclic) bond motifs is 1. The number of carbonyl (C=O) groups is 1. The van der Waals surface area contributed by atoms with Gasteiger partial charge in [-0.15, -0.1) is 0 Å². The van der Waals surface area contributed by atoms with Crippen LogP contribution in [0.15, 0.2) is 16.9 Å².